The summed E-state index contributed by atoms with van der Waals surface area (Å²) in [5.74, 6) is 0. The van der Waals surface area contributed by atoms with Crippen LogP contribution in [-0.2, 0) is 0 Å². The Kier molecular flexibility index (Phi) is 4.19. The number of aryl methyl sites for hydroxylation is 1. The van der Waals surface area contributed by atoms with Gasteiger partial charge in [0.1, 0.15) is 0 Å². The summed E-state index contributed by atoms with van der Waals surface area (Å²) >= 11 is 0. The zero-order chi connectivity index (χ0) is 13.8. The second kappa shape index (κ2) is 6.25. The van der Waals surface area contributed by atoms with Crippen molar-refractivity contribution in [3.8, 4) is 0 Å². The van der Waals surface area contributed by atoms with Crippen molar-refractivity contribution in [1.82, 2.24) is 10.2 Å². The van der Waals surface area contributed by atoms with Crippen molar-refractivity contribution in [3.05, 3.63) is 42.0 Å². The van der Waals surface area contributed by atoms with Crippen molar-refractivity contribution >= 4 is 16.5 Å². The van der Waals surface area contributed by atoms with Crippen LogP contribution in [0.1, 0.15) is 5.56 Å². The quantitative estimate of drug-likeness (QED) is 0.893. The number of benzene rings is 2. The molecule has 1 saturated heterocycles. The van der Waals surface area contributed by atoms with E-state index in [2.05, 4.69) is 58.9 Å². The van der Waals surface area contributed by atoms with Crippen LogP contribution in [0.25, 0.3) is 10.8 Å². The topological polar surface area (TPSA) is 27.3 Å². The maximum Gasteiger partial charge on any atom is 0.0347 e. The van der Waals surface area contributed by atoms with Gasteiger partial charge in [0, 0.05) is 45.0 Å². The van der Waals surface area contributed by atoms with Crippen LogP contribution in [0.15, 0.2) is 36.4 Å². The molecule has 0 amide bonds. The Hall–Kier alpha value is -1.58. The predicted octanol–water partition coefficient (Wildman–Crippen LogP) is 2.47. The lowest BCUT2D eigenvalue weighted by atomic mass is 10.1. The molecule has 2 aromatic carbocycles. The second-order valence-corrected chi connectivity index (χ2v) is 5.58. The van der Waals surface area contributed by atoms with Crippen LogP contribution < -0.4 is 10.6 Å². The summed E-state index contributed by atoms with van der Waals surface area (Å²) in [5, 5.41) is 9.55. The summed E-state index contributed by atoms with van der Waals surface area (Å²) in [6.45, 7) is 8.84. The van der Waals surface area contributed by atoms with Gasteiger partial charge in [-0.15, -0.1) is 0 Å². The van der Waals surface area contributed by atoms with Crippen molar-refractivity contribution < 1.29 is 0 Å². The third-order valence-corrected chi connectivity index (χ3v) is 3.96. The molecule has 1 aliphatic rings. The van der Waals surface area contributed by atoms with E-state index in [0.29, 0.717) is 0 Å². The van der Waals surface area contributed by atoms with Crippen LogP contribution in [0, 0.1) is 6.92 Å². The van der Waals surface area contributed by atoms with Gasteiger partial charge >= 0.3 is 0 Å². The van der Waals surface area contributed by atoms with Gasteiger partial charge in [-0.2, -0.15) is 0 Å². The molecule has 0 unspecified atom stereocenters. The molecule has 2 aromatic rings. The summed E-state index contributed by atoms with van der Waals surface area (Å²) in [6.07, 6.45) is 0. The maximum absolute atomic E-state index is 3.54. The first-order valence-corrected chi connectivity index (χ1v) is 7.49. The zero-order valence-corrected chi connectivity index (χ0v) is 12.2. The highest BCUT2D eigenvalue weighted by Crippen LogP contribution is 2.20. The van der Waals surface area contributed by atoms with Gasteiger partial charge in [-0.05, 0) is 29.8 Å². The Labute approximate surface area is 121 Å². The Balaban J connectivity index is 1.58. The van der Waals surface area contributed by atoms with Crippen molar-refractivity contribution in [3.63, 3.8) is 0 Å². The molecule has 0 atom stereocenters. The molecular weight excluding hydrogens is 246 g/mol. The summed E-state index contributed by atoms with van der Waals surface area (Å²) in [6, 6.07) is 13.2. The van der Waals surface area contributed by atoms with E-state index in [1.807, 2.05) is 0 Å². The van der Waals surface area contributed by atoms with Crippen LogP contribution in [-0.4, -0.2) is 44.2 Å². The Bertz CT molecular complexity index is 573. The smallest absolute Gasteiger partial charge is 0.0347 e. The largest absolute Gasteiger partial charge is 0.384 e. The lowest BCUT2D eigenvalue weighted by molar-refractivity contribution is 0.249. The van der Waals surface area contributed by atoms with Crippen molar-refractivity contribution in [2.24, 2.45) is 0 Å². The first kappa shape index (κ1) is 13.4. The van der Waals surface area contributed by atoms with Crippen LogP contribution in [0.5, 0.6) is 0 Å². The Morgan fingerprint density at radius 2 is 1.80 bits per heavy atom. The van der Waals surface area contributed by atoms with Crippen LogP contribution >= 0.6 is 0 Å². The SMILES string of the molecule is Cc1ccc2cc(NCCN3CCNCC3)ccc2c1. The number of nitrogens with one attached hydrogen (secondary N) is 2. The number of rotatable bonds is 4. The summed E-state index contributed by atoms with van der Waals surface area (Å²) in [7, 11) is 0. The molecule has 3 heteroatoms. The van der Waals surface area contributed by atoms with Crippen molar-refractivity contribution in [1.29, 1.82) is 0 Å². The third-order valence-electron chi connectivity index (χ3n) is 3.96. The van der Waals surface area contributed by atoms with Crippen LogP contribution in [0.2, 0.25) is 0 Å². The van der Waals surface area contributed by atoms with E-state index in [0.717, 1.165) is 26.2 Å². The molecule has 1 heterocycles. The van der Waals surface area contributed by atoms with Gasteiger partial charge in [0.2, 0.25) is 0 Å². The van der Waals surface area contributed by atoms with Gasteiger partial charge in [0.15, 0.2) is 0 Å². The van der Waals surface area contributed by atoms with Gasteiger partial charge < -0.3 is 10.6 Å². The summed E-state index contributed by atoms with van der Waals surface area (Å²) in [4.78, 5) is 2.51. The summed E-state index contributed by atoms with van der Waals surface area (Å²) < 4.78 is 0. The van der Waals surface area contributed by atoms with Gasteiger partial charge in [-0.25, -0.2) is 0 Å². The molecule has 0 saturated carbocycles. The molecule has 2 N–H and O–H groups in total. The average molecular weight is 269 g/mol. The van der Waals surface area contributed by atoms with Crippen molar-refractivity contribution in [2.75, 3.05) is 44.6 Å². The number of anilines is 1. The standard InChI is InChI=1S/C17H23N3/c1-14-2-3-16-13-17(5-4-15(16)12-14)19-8-11-20-9-6-18-7-10-20/h2-5,12-13,18-19H,6-11H2,1H3. The lowest BCUT2D eigenvalue weighted by Crippen LogP contribution is -2.45. The molecule has 3 rings (SSSR count). The number of fused-ring (bicyclic) bond motifs is 1. The number of nitrogens with zero attached hydrogens (tertiary/aromatic N) is 1. The molecule has 1 fully saturated rings. The van der Waals surface area contributed by atoms with E-state index < -0.39 is 0 Å². The molecule has 0 aliphatic carbocycles. The van der Waals surface area contributed by atoms with Gasteiger partial charge in [-0.1, -0.05) is 29.8 Å². The molecule has 0 radical (unpaired) electrons. The minimum absolute atomic E-state index is 1.01. The molecule has 0 spiro atoms. The molecular formula is C17H23N3. The Morgan fingerprint density at radius 3 is 2.65 bits per heavy atom. The monoisotopic (exact) mass is 269 g/mol. The fourth-order valence-corrected chi connectivity index (χ4v) is 2.77. The molecule has 0 aromatic heterocycles. The zero-order valence-electron chi connectivity index (χ0n) is 12.2. The van der Waals surface area contributed by atoms with Gasteiger partial charge in [0.05, 0.1) is 0 Å². The number of hydrogen-bond donors (Lipinski definition) is 2. The molecule has 20 heavy (non-hydrogen) atoms. The fourth-order valence-electron chi connectivity index (χ4n) is 2.77. The second-order valence-electron chi connectivity index (χ2n) is 5.58. The molecule has 1 aliphatic heterocycles. The van der Waals surface area contributed by atoms with Crippen LogP contribution in [0.3, 0.4) is 0 Å². The average Bonchev–Trinajstić information content (AvgIpc) is 2.48. The van der Waals surface area contributed by atoms with E-state index in [4.69, 9.17) is 0 Å². The van der Waals surface area contributed by atoms with Crippen molar-refractivity contribution in [2.45, 2.75) is 6.92 Å². The molecule has 3 nitrogen and oxygen atoms in total. The maximum atomic E-state index is 3.54. The van der Waals surface area contributed by atoms with Gasteiger partial charge in [0.25, 0.3) is 0 Å². The molecule has 0 bridgehead atoms. The minimum Gasteiger partial charge on any atom is -0.384 e. The number of piperazine rings is 1. The fraction of sp³-hybridized carbons (Fsp3) is 0.412. The van der Waals surface area contributed by atoms with E-state index in [9.17, 15) is 0 Å². The van der Waals surface area contributed by atoms with E-state index in [1.54, 1.807) is 0 Å². The normalized spacial score (nSPS) is 16.4. The summed E-state index contributed by atoms with van der Waals surface area (Å²) in [5.41, 5.74) is 2.54. The van der Waals surface area contributed by atoms with E-state index in [-0.39, 0.29) is 0 Å². The van der Waals surface area contributed by atoms with Gasteiger partial charge in [-0.3, -0.25) is 4.90 Å². The number of hydrogen-bond acceptors (Lipinski definition) is 3. The minimum atomic E-state index is 1.01. The highest BCUT2D eigenvalue weighted by atomic mass is 15.2. The predicted molar refractivity (Wildman–Crippen MR) is 86.5 cm³/mol. The third kappa shape index (κ3) is 3.30. The Morgan fingerprint density at radius 1 is 1.05 bits per heavy atom. The van der Waals surface area contributed by atoms with E-state index >= 15 is 0 Å². The molecule has 106 valence electrons. The van der Waals surface area contributed by atoms with E-state index in [1.165, 1.54) is 35.1 Å². The highest BCUT2D eigenvalue weighted by Gasteiger charge is 2.08. The first-order valence-electron chi connectivity index (χ1n) is 7.49. The lowest BCUT2D eigenvalue weighted by Gasteiger charge is -2.27. The highest BCUT2D eigenvalue weighted by molar-refractivity contribution is 5.86. The van der Waals surface area contributed by atoms with Crippen LogP contribution in [0.4, 0.5) is 5.69 Å². The first-order chi connectivity index (χ1) is 9.81.